The standard InChI is InChI=1S/C24H15ClSi/c25-16-13-14-20-19-9-3-6-12-23(19)26(24(20)15-16)21-10-4-1-7-17(21)18-8-2-5-11-22(18)26/h1-15H. The predicted molar refractivity (Wildman–Crippen MR) is 113 cm³/mol. The summed E-state index contributed by atoms with van der Waals surface area (Å²) in [6, 6.07) is 33.3. The monoisotopic (exact) mass is 366 g/mol. The van der Waals surface area contributed by atoms with Crippen LogP contribution in [0, 0.1) is 0 Å². The average molecular weight is 367 g/mol. The first kappa shape index (κ1) is 14.5. The molecular weight excluding hydrogens is 352 g/mol. The minimum absolute atomic E-state index is 0.824. The minimum atomic E-state index is -2.27. The van der Waals surface area contributed by atoms with Crippen molar-refractivity contribution in [3.8, 4) is 22.3 Å². The van der Waals surface area contributed by atoms with Crippen LogP contribution >= 0.6 is 11.6 Å². The zero-order chi connectivity index (χ0) is 17.3. The predicted octanol–water partition coefficient (Wildman–Crippen LogP) is 3.68. The minimum Gasteiger partial charge on any atom is -0.0843 e. The molecule has 26 heavy (non-hydrogen) atoms. The van der Waals surface area contributed by atoms with Gasteiger partial charge in [-0.05, 0) is 55.1 Å². The first-order valence-electron chi connectivity index (χ1n) is 8.91. The number of halogens is 1. The molecule has 4 aromatic rings. The zero-order valence-electron chi connectivity index (χ0n) is 14.0. The largest absolute Gasteiger partial charge is 0.182 e. The van der Waals surface area contributed by atoms with E-state index in [1.165, 1.54) is 43.0 Å². The molecule has 2 heteroatoms. The molecule has 0 amide bonds. The van der Waals surface area contributed by atoms with Crippen LogP contribution < -0.4 is 20.7 Å². The molecule has 0 radical (unpaired) electrons. The fraction of sp³-hybridized carbons (Fsp3) is 0. The molecule has 2 aliphatic heterocycles. The number of hydrogen-bond acceptors (Lipinski definition) is 0. The Morgan fingerprint density at radius 1 is 0.462 bits per heavy atom. The van der Waals surface area contributed by atoms with Crippen LogP contribution in [0.5, 0.6) is 0 Å². The smallest absolute Gasteiger partial charge is 0.0843 e. The molecule has 1 spiro atoms. The third kappa shape index (κ3) is 1.56. The van der Waals surface area contributed by atoms with Crippen LogP contribution in [0.1, 0.15) is 0 Å². The molecule has 122 valence electrons. The van der Waals surface area contributed by atoms with Crippen LogP contribution in [0.25, 0.3) is 22.3 Å². The lowest BCUT2D eigenvalue weighted by molar-refractivity contribution is 1.71. The Kier molecular flexibility index (Phi) is 2.78. The molecule has 0 saturated heterocycles. The summed E-state index contributed by atoms with van der Waals surface area (Å²) in [6.07, 6.45) is 0. The summed E-state index contributed by atoms with van der Waals surface area (Å²) in [5.41, 5.74) is 5.50. The molecule has 0 nitrogen and oxygen atoms in total. The highest BCUT2D eigenvalue weighted by atomic mass is 35.5. The van der Waals surface area contributed by atoms with Gasteiger partial charge < -0.3 is 0 Å². The zero-order valence-corrected chi connectivity index (χ0v) is 15.8. The lowest BCUT2D eigenvalue weighted by Crippen LogP contribution is -2.70. The molecule has 0 bridgehead atoms. The first-order chi connectivity index (χ1) is 12.8. The van der Waals surface area contributed by atoms with E-state index in [4.69, 9.17) is 11.6 Å². The Morgan fingerprint density at radius 2 is 0.885 bits per heavy atom. The molecule has 0 aliphatic carbocycles. The molecule has 0 saturated carbocycles. The van der Waals surface area contributed by atoms with Crippen LogP contribution in [-0.4, -0.2) is 8.07 Å². The molecular formula is C24H15ClSi. The van der Waals surface area contributed by atoms with Gasteiger partial charge in [0.05, 0.1) is 0 Å². The maximum atomic E-state index is 6.50. The summed E-state index contributed by atoms with van der Waals surface area (Å²) in [6.45, 7) is 0. The van der Waals surface area contributed by atoms with E-state index in [-0.39, 0.29) is 0 Å². The van der Waals surface area contributed by atoms with Crippen molar-refractivity contribution in [1.82, 2.24) is 0 Å². The number of hydrogen-bond donors (Lipinski definition) is 0. The van der Waals surface area contributed by atoms with Gasteiger partial charge in [-0.3, -0.25) is 0 Å². The van der Waals surface area contributed by atoms with Gasteiger partial charge in [0.25, 0.3) is 0 Å². The van der Waals surface area contributed by atoms with E-state index in [1.54, 1.807) is 0 Å². The fourth-order valence-corrected chi connectivity index (χ4v) is 11.0. The second-order valence-electron chi connectivity index (χ2n) is 7.08. The van der Waals surface area contributed by atoms with Crippen molar-refractivity contribution in [2.45, 2.75) is 0 Å². The molecule has 0 N–H and O–H groups in total. The van der Waals surface area contributed by atoms with E-state index in [0.29, 0.717) is 0 Å². The SMILES string of the molecule is Clc1ccc2c(c1)[Si]1(c3ccccc3-c3ccccc31)c1ccccc1-2. The van der Waals surface area contributed by atoms with E-state index in [1.807, 2.05) is 6.07 Å². The van der Waals surface area contributed by atoms with Crippen molar-refractivity contribution in [1.29, 1.82) is 0 Å². The molecule has 0 fully saturated rings. The van der Waals surface area contributed by atoms with E-state index in [2.05, 4.69) is 84.9 Å². The molecule has 4 aromatic carbocycles. The summed E-state index contributed by atoms with van der Waals surface area (Å²) in [5.74, 6) is 0. The molecule has 6 rings (SSSR count). The molecule has 0 atom stereocenters. The Labute approximate surface area is 158 Å². The highest BCUT2D eigenvalue weighted by Gasteiger charge is 2.53. The van der Waals surface area contributed by atoms with Crippen molar-refractivity contribution in [2.75, 3.05) is 0 Å². The molecule has 0 aromatic heterocycles. The third-order valence-corrected chi connectivity index (χ3v) is 11.1. The molecule has 0 unspecified atom stereocenters. The maximum Gasteiger partial charge on any atom is 0.182 e. The topological polar surface area (TPSA) is 0 Å². The summed E-state index contributed by atoms with van der Waals surface area (Å²) in [5, 5.41) is 6.74. The van der Waals surface area contributed by atoms with Crippen LogP contribution in [-0.2, 0) is 0 Å². The second kappa shape index (κ2) is 4.97. The van der Waals surface area contributed by atoms with Gasteiger partial charge in [-0.15, -0.1) is 0 Å². The van der Waals surface area contributed by atoms with E-state index in [9.17, 15) is 0 Å². The number of benzene rings is 4. The first-order valence-corrected chi connectivity index (χ1v) is 11.3. The summed E-state index contributed by atoms with van der Waals surface area (Å²) < 4.78 is 0. The molecule has 2 aliphatic rings. The van der Waals surface area contributed by atoms with Crippen LogP contribution in [0.4, 0.5) is 0 Å². The van der Waals surface area contributed by atoms with Crippen molar-refractivity contribution in [3.63, 3.8) is 0 Å². The quantitative estimate of drug-likeness (QED) is 0.360. The summed E-state index contributed by atoms with van der Waals surface area (Å²) >= 11 is 6.50. The van der Waals surface area contributed by atoms with Gasteiger partial charge in [-0.2, -0.15) is 0 Å². The second-order valence-corrected chi connectivity index (χ2v) is 11.2. The number of fused-ring (bicyclic) bond motifs is 10. The van der Waals surface area contributed by atoms with Gasteiger partial charge in [-0.1, -0.05) is 90.5 Å². The maximum absolute atomic E-state index is 6.50. The van der Waals surface area contributed by atoms with Gasteiger partial charge >= 0.3 is 0 Å². The lowest BCUT2D eigenvalue weighted by Gasteiger charge is -2.27. The Bertz CT molecular complexity index is 1140. The fourth-order valence-electron chi connectivity index (χ4n) is 5.07. The third-order valence-electron chi connectivity index (χ3n) is 5.96. The Balaban J connectivity index is 1.88. The van der Waals surface area contributed by atoms with Crippen LogP contribution in [0.3, 0.4) is 0 Å². The van der Waals surface area contributed by atoms with Gasteiger partial charge in [0.2, 0.25) is 0 Å². The van der Waals surface area contributed by atoms with Crippen LogP contribution in [0.15, 0.2) is 91.0 Å². The molecule has 2 heterocycles. The summed E-state index contributed by atoms with van der Waals surface area (Å²) in [4.78, 5) is 0. The van der Waals surface area contributed by atoms with Gasteiger partial charge in [0.15, 0.2) is 8.07 Å². The van der Waals surface area contributed by atoms with E-state index in [0.717, 1.165) is 5.02 Å². The van der Waals surface area contributed by atoms with Crippen LogP contribution in [0.2, 0.25) is 5.02 Å². The van der Waals surface area contributed by atoms with Crippen molar-refractivity contribution in [2.24, 2.45) is 0 Å². The van der Waals surface area contributed by atoms with Gasteiger partial charge in [0.1, 0.15) is 0 Å². The van der Waals surface area contributed by atoms with Crippen molar-refractivity contribution in [3.05, 3.63) is 96.0 Å². The van der Waals surface area contributed by atoms with Gasteiger partial charge in [-0.25, -0.2) is 0 Å². The van der Waals surface area contributed by atoms with E-state index < -0.39 is 8.07 Å². The summed E-state index contributed by atoms with van der Waals surface area (Å²) in [7, 11) is -2.27. The highest BCUT2D eigenvalue weighted by molar-refractivity contribution is 7.24. The van der Waals surface area contributed by atoms with E-state index >= 15 is 0 Å². The highest BCUT2D eigenvalue weighted by Crippen LogP contribution is 2.36. The Morgan fingerprint density at radius 3 is 1.38 bits per heavy atom. The normalized spacial score (nSPS) is 14.7. The average Bonchev–Trinajstić information content (AvgIpc) is 3.15. The van der Waals surface area contributed by atoms with Crippen molar-refractivity contribution >= 4 is 40.4 Å². The van der Waals surface area contributed by atoms with Crippen molar-refractivity contribution < 1.29 is 0 Å². The van der Waals surface area contributed by atoms with Gasteiger partial charge in [0, 0.05) is 5.02 Å². The lowest BCUT2D eigenvalue weighted by atomic mass is 10.1. The number of rotatable bonds is 0. The Hall–Kier alpha value is -2.61.